The van der Waals surface area contributed by atoms with Crippen molar-refractivity contribution < 1.29 is 18.3 Å². The van der Waals surface area contributed by atoms with Crippen molar-refractivity contribution in [2.24, 2.45) is 0 Å². The molecule has 0 bridgehead atoms. The second kappa shape index (κ2) is 4.24. The Balaban J connectivity index is 2.16. The van der Waals surface area contributed by atoms with Gasteiger partial charge in [0.15, 0.2) is 9.84 Å². The smallest absolute Gasteiger partial charge is 0.255 e. The highest BCUT2D eigenvalue weighted by molar-refractivity contribution is 7.91. The van der Waals surface area contributed by atoms with Crippen molar-refractivity contribution in [1.82, 2.24) is 10.3 Å². The lowest BCUT2D eigenvalue weighted by Crippen LogP contribution is -2.46. The van der Waals surface area contributed by atoms with Crippen molar-refractivity contribution >= 4 is 15.7 Å². The van der Waals surface area contributed by atoms with Gasteiger partial charge in [0.05, 0.1) is 28.8 Å². The summed E-state index contributed by atoms with van der Waals surface area (Å²) in [6, 6.07) is 1.39. The topological polar surface area (TPSA) is 96.4 Å². The minimum absolute atomic E-state index is 0.0718. The highest BCUT2D eigenvalue weighted by Gasteiger charge is 2.39. The molecule has 1 aliphatic heterocycles. The lowest BCUT2D eigenvalue weighted by molar-refractivity contribution is 0.0912. The van der Waals surface area contributed by atoms with E-state index in [-0.39, 0.29) is 22.8 Å². The second-order valence-electron chi connectivity index (χ2n) is 4.75. The fourth-order valence-corrected chi connectivity index (χ4v) is 4.12. The van der Waals surface area contributed by atoms with Crippen LogP contribution >= 0.6 is 0 Å². The largest absolute Gasteiger partial charge is 0.505 e. The molecule has 18 heavy (non-hydrogen) atoms. The van der Waals surface area contributed by atoms with E-state index in [9.17, 15) is 18.3 Å². The summed E-state index contributed by atoms with van der Waals surface area (Å²) in [5.41, 5.74) is -0.679. The molecule has 0 radical (unpaired) electrons. The van der Waals surface area contributed by atoms with Crippen LogP contribution in [0.15, 0.2) is 18.5 Å². The summed E-state index contributed by atoms with van der Waals surface area (Å²) in [4.78, 5) is 15.6. The van der Waals surface area contributed by atoms with Gasteiger partial charge in [-0.2, -0.15) is 0 Å². The number of carbonyl (C=O) groups excluding carboxylic acids is 1. The summed E-state index contributed by atoms with van der Waals surface area (Å²) in [5, 5.41) is 12.2. The molecule has 2 N–H and O–H groups in total. The molecular formula is C11H14N2O4S. The standard InChI is InChI=1S/C11H14N2O4S/c1-11(3-5-18(16,17)7-11)13-10(15)8-2-4-12-6-9(8)14/h2,4,6,14H,3,5,7H2,1H3,(H,13,15). The predicted molar refractivity (Wildman–Crippen MR) is 65.0 cm³/mol. The van der Waals surface area contributed by atoms with Crippen molar-refractivity contribution in [1.29, 1.82) is 0 Å². The molecule has 1 aromatic rings. The number of aromatic hydroxyl groups is 1. The number of pyridine rings is 1. The number of nitrogens with one attached hydrogen (secondary N) is 1. The molecule has 1 aliphatic rings. The van der Waals surface area contributed by atoms with E-state index in [1.165, 1.54) is 18.5 Å². The van der Waals surface area contributed by atoms with Gasteiger partial charge >= 0.3 is 0 Å². The van der Waals surface area contributed by atoms with Crippen molar-refractivity contribution in [3.05, 3.63) is 24.0 Å². The molecular weight excluding hydrogens is 256 g/mol. The molecule has 0 spiro atoms. The van der Waals surface area contributed by atoms with Crippen molar-refractivity contribution in [2.75, 3.05) is 11.5 Å². The molecule has 0 aromatic carbocycles. The van der Waals surface area contributed by atoms with E-state index in [2.05, 4.69) is 10.3 Å². The third-order valence-electron chi connectivity index (χ3n) is 2.96. The van der Waals surface area contributed by atoms with Gasteiger partial charge in [0.2, 0.25) is 0 Å². The summed E-state index contributed by atoms with van der Waals surface area (Å²) in [5.74, 6) is -0.710. The number of hydrogen-bond donors (Lipinski definition) is 2. The van der Waals surface area contributed by atoms with E-state index in [0.29, 0.717) is 6.42 Å². The van der Waals surface area contributed by atoms with Crippen LogP contribution in [0.4, 0.5) is 0 Å². The van der Waals surface area contributed by atoms with E-state index in [4.69, 9.17) is 0 Å². The zero-order valence-electron chi connectivity index (χ0n) is 9.88. The molecule has 98 valence electrons. The first-order valence-corrected chi connectivity index (χ1v) is 7.29. The monoisotopic (exact) mass is 270 g/mol. The van der Waals surface area contributed by atoms with E-state index >= 15 is 0 Å². The molecule has 1 amide bonds. The van der Waals surface area contributed by atoms with Crippen LogP contribution in [-0.2, 0) is 9.84 Å². The second-order valence-corrected chi connectivity index (χ2v) is 6.93. The molecule has 2 rings (SSSR count). The Morgan fingerprint density at radius 1 is 1.56 bits per heavy atom. The third kappa shape index (κ3) is 2.61. The van der Waals surface area contributed by atoms with E-state index in [1.54, 1.807) is 6.92 Å². The van der Waals surface area contributed by atoms with Crippen LogP contribution in [0.25, 0.3) is 0 Å². The lowest BCUT2D eigenvalue weighted by Gasteiger charge is -2.23. The van der Waals surface area contributed by atoms with E-state index in [1.807, 2.05) is 0 Å². The molecule has 1 unspecified atom stereocenters. The maximum absolute atomic E-state index is 11.9. The van der Waals surface area contributed by atoms with Crippen molar-refractivity contribution in [2.45, 2.75) is 18.9 Å². The van der Waals surface area contributed by atoms with Crippen LogP contribution in [0.5, 0.6) is 5.75 Å². The fraction of sp³-hybridized carbons (Fsp3) is 0.455. The Kier molecular flexibility index (Phi) is 3.02. The number of aromatic nitrogens is 1. The summed E-state index contributed by atoms with van der Waals surface area (Å²) < 4.78 is 22.8. The number of rotatable bonds is 2. The number of carbonyl (C=O) groups is 1. The first-order valence-electron chi connectivity index (χ1n) is 5.47. The van der Waals surface area contributed by atoms with Gasteiger partial charge in [-0.15, -0.1) is 0 Å². The van der Waals surface area contributed by atoms with E-state index in [0.717, 1.165) is 0 Å². The number of nitrogens with zero attached hydrogens (tertiary/aromatic N) is 1. The van der Waals surface area contributed by atoms with Crippen LogP contribution in [0, 0.1) is 0 Å². The Hall–Kier alpha value is -1.63. The molecule has 0 aliphatic carbocycles. The molecule has 6 nitrogen and oxygen atoms in total. The average Bonchev–Trinajstić information content (AvgIpc) is 2.53. The highest BCUT2D eigenvalue weighted by atomic mass is 32.2. The van der Waals surface area contributed by atoms with Gasteiger partial charge in [0.25, 0.3) is 5.91 Å². The highest BCUT2D eigenvalue weighted by Crippen LogP contribution is 2.24. The molecule has 0 saturated carbocycles. The lowest BCUT2D eigenvalue weighted by atomic mass is 10.0. The third-order valence-corrected chi connectivity index (χ3v) is 4.87. The van der Waals surface area contributed by atoms with Gasteiger partial charge in [-0.05, 0) is 19.4 Å². The summed E-state index contributed by atoms with van der Waals surface area (Å²) >= 11 is 0. The summed E-state index contributed by atoms with van der Waals surface area (Å²) in [6.07, 6.45) is 2.94. The van der Waals surface area contributed by atoms with Gasteiger partial charge < -0.3 is 10.4 Å². The van der Waals surface area contributed by atoms with Crippen molar-refractivity contribution in [3.63, 3.8) is 0 Å². The Morgan fingerprint density at radius 2 is 2.28 bits per heavy atom. The van der Waals surface area contributed by atoms with Gasteiger partial charge in [0.1, 0.15) is 5.75 Å². The SMILES string of the molecule is CC1(NC(=O)c2ccncc2O)CCS(=O)(=O)C1. The average molecular weight is 270 g/mol. The fourth-order valence-electron chi connectivity index (χ4n) is 2.03. The maximum atomic E-state index is 11.9. The van der Waals surface area contributed by atoms with Crippen LogP contribution < -0.4 is 5.32 Å². The van der Waals surface area contributed by atoms with Gasteiger partial charge in [-0.3, -0.25) is 9.78 Å². The molecule has 7 heteroatoms. The first-order chi connectivity index (χ1) is 8.31. The quantitative estimate of drug-likeness (QED) is 0.794. The zero-order valence-corrected chi connectivity index (χ0v) is 10.7. The van der Waals surface area contributed by atoms with Gasteiger partial charge in [0, 0.05) is 6.20 Å². The summed E-state index contributed by atoms with van der Waals surface area (Å²) in [6.45, 7) is 1.69. The zero-order chi connectivity index (χ0) is 13.4. The number of sulfone groups is 1. The Morgan fingerprint density at radius 3 is 2.83 bits per heavy atom. The minimum Gasteiger partial charge on any atom is -0.505 e. The Bertz CT molecular complexity index is 584. The maximum Gasteiger partial charge on any atom is 0.255 e. The number of hydrogen-bond acceptors (Lipinski definition) is 5. The van der Waals surface area contributed by atoms with Crippen LogP contribution in [0.3, 0.4) is 0 Å². The van der Waals surface area contributed by atoms with Gasteiger partial charge in [-0.1, -0.05) is 0 Å². The predicted octanol–water partition coefficient (Wildman–Crippen LogP) is 0.0942. The molecule has 2 heterocycles. The number of amides is 1. The first kappa shape index (κ1) is 12.8. The normalized spacial score (nSPS) is 25.8. The Labute approximate surface area is 105 Å². The molecule has 1 saturated heterocycles. The van der Waals surface area contributed by atoms with E-state index < -0.39 is 21.3 Å². The van der Waals surface area contributed by atoms with Crippen LogP contribution in [0.2, 0.25) is 0 Å². The molecule has 1 aromatic heterocycles. The van der Waals surface area contributed by atoms with Crippen LogP contribution in [-0.4, -0.2) is 41.5 Å². The summed E-state index contributed by atoms with van der Waals surface area (Å²) in [7, 11) is -3.08. The molecule has 1 atom stereocenters. The van der Waals surface area contributed by atoms with Crippen molar-refractivity contribution in [3.8, 4) is 5.75 Å². The van der Waals surface area contributed by atoms with Crippen LogP contribution in [0.1, 0.15) is 23.7 Å². The van der Waals surface area contributed by atoms with Gasteiger partial charge in [-0.25, -0.2) is 8.42 Å². The minimum atomic E-state index is -3.08. The molecule has 1 fully saturated rings.